The molecule has 0 spiro atoms. The van der Waals surface area contributed by atoms with Crippen molar-refractivity contribution in [3.63, 3.8) is 0 Å². The summed E-state index contributed by atoms with van der Waals surface area (Å²) in [6.07, 6.45) is 3.13. The number of benzene rings is 3. The first-order valence-corrected chi connectivity index (χ1v) is 11.0. The molecule has 0 unspecified atom stereocenters. The summed E-state index contributed by atoms with van der Waals surface area (Å²) in [4.78, 5) is 25.0. The lowest BCUT2D eigenvalue weighted by molar-refractivity contribution is -0.111. The van der Waals surface area contributed by atoms with E-state index in [4.69, 9.17) is 9.15 Å². The lowest BCUT2D eigenvalue weighted by atomic mass is 10.1. The maximum Gasteiger partial charge on any atom is 0.291 e. The number of aryl methyl sites for hydroxylation is 1. The molecule has 0 fully saturated rings. The minimum Gasteiger partial charge on any atom is -0.496 e. The predicted octanol–water partition coefficient (Wildman–Crippen LogP) is 6.42. The zero-order chi connectivity index (χ0) is 23.4. The Balaban J connectivity index is 1.42. The number of halogens is 1. The molecule has 2 N–H and O–H groups in total. The fourth-order valence-electron chi connectivity index (χ4n) is 3.34. The van der Waals surface area contributed by atoms with Gasteiger partial charge in [-0.3, -0.25) is 9.59 Å². The Morgan fingerprint density at radius 1 is 1.00 bits per heavy atom. The monoisotopic (exact) mass is 504 g/mol. The van der Waals surface area contributed by atoms with Gasteiger partial charge in [0.2, 0.25) is 5.91 Å². The topological polar surface area (TPSA) is 80.6 Å². The normalized spacial score (nSPS) is 11.0. The van der Waals surface area contributed by atoms with Crippen LogP contribution in [0, 0.1) is 6.92 Å². The number of carbonyl (C=O) groups excluding carboxylic acids is 2. The van der Waals surface area contributed by atoms with Crippen molar-refractivity contribution in [3.05, 3.63) is 94.2 Å². The molecule has 2 amide bonds. The number of furan rings is 1. The van der Waals surface area contributed by atoms with Gasteiger partial charge in [-0.15, -0.1) is 0 Å². The standard InChI is InChI=1S/C26H21BrN2O4/c1-16-13-20(28-25(30)12-7-18-14-19(27)8-11-22(18)32-2)9-10-21(16)29-26(31)24-15-17-5-3-4-6-23(17)33-24/h3-15H,1-2H3,(H,28,30)(H,29,31)/b12-7+. The van der Waals surface area contributed by atoms with Crippen molar-refractivity contribution in [2.45, 2.75) is 6.92 Å². The first kappa shape index (κ1) is 22.4. The van der Waals surface area contributed by atoms with Crippen molar-refractivity contribution in [3.8, 4) is 5.75 Å². The number of rotatable bonds is 6. The molecule has 0 aliphatic rings. The van der Waals surface area contributed by atoms with Crippen molar-refractivity contribution in [2.75, 3.05) is 17.7 Å². The van der Waals surface area contributed by atoms with Crippen LogP contribution in [0.2, 0.25) is 0 Å². The Morgan fingerprint density at radius 3 is 2.58 bits per heavy atom. The number of hydrogen-bond donors (Lipinski definition) is 2. The number of amides is 2. The van der Waals surface area contributed by atoms with Gasteiger partial charge in [0, 0.05) is 32.9 Å². The zero-order valence-corrected chi connectivity index (χ0v) is 19.6. The summed E-state index contributed by atoms with van der Waals surface area (Å²) in [5.41, 5.74) is 3.49. The second-order valence-corrected chi connectivity index (χ2v) is 8.26. The Labute approximate surface area is 199 Å². The van der Waals surface area contributed by atoms with Crippen LogP contribution in [-0.4, -0.2) is 18.9 Å². The molecule has 166 valence electrons. The average molecular weight is 505 g/mol. The summed E-state index contributed by atoms with van der Waals surface area (Å²) < 4.78 is 11.8. The highest BCUT2D eigenvalue weighted by molar-refractivity contribution is 9.10. The molecule has 0 saturated heterocycles. The van der Waals surface area contributed by atoms with Crippen LogP contribution < -0.4 is 15.4 Å². The third-order valence-electron chi connectivity index (χ3n) is 5.00. The maximum absolute atomic E-state index is 12.6. The molecule has 1 aromatic heterocycles. The molecule has 3 aromatic carbocycles. The lowest BCUT2D eigenvalue weighted by Gasteiger charge is -2.10. The van der Waals surface area contributed by atoms with Gasteiger partial charge in [-0.25, -0.2) is 0 Å². The van der Waals surface area contributed by atoms with E-state index in [1.54, 1.807) is 37.5 Å². The van der Waals surface area contributed by atoms with Crippen molar-refractivity contribution < 1.29 is 18.7 Å². The molecule has 33 heavy (non-hydrogen) atoms. The van der Waals surface area contributed by atoms with Crippen molar-refractivity contribution >= 4 is 56.2 Å². The van der Waals surface area contributed by atoms with Gasteiger partial charge in [0.05, 0.1) is 7.11 Å². The van der Waals surface area contributed by atoms with Gasteiger partial charge in [-0.1, -0.05) is 34.1 Å². The lowest BCUT2D eigenvalue weighted by Crippen LogP contribution is -2.12. The van der Waals surface area contributed by atoms with Gasteiger partial charge in [-0.05, 0) is 67.1 Å². The highest BCUT2D eigenvalue weighted by Gasteiger charge is 2.13. The van der Waals surface area contributed by atoms with Crippen molar-refractivity contribution in [1.29, 1.82) is 0 Å². The van der Waals surface area contributed by atoms with Gasteiger partial charge in [-0.2, -0.15) is 0 Å². The molecule has 0 atom stereocenters. The van der Waals surface area contributed by atoms with E-state index < -0.39 is 0 Å². The second-order valence-electron chi connectivity index (χ2n) is 7.34. The van der Waals surface area contributed by atoms with Crippen LogP contribution in [0.1, 0.15) is 21.7 Å². The van der Waals surface area contributed by atoms with E-state index in [1.807, 2.05) is 49.4 Å². The van der Waals surface area contributed by atoms with Crippen molar-refractivity contribution in [2.24, 2.45) is 0 Å². The average Bonchev–Trinajstić information content (AvgIpc) is 3.24. The van der Waals surface area contributed by atoms with Gasteiger partial charge in [0.1, 0.15) is 11.3 Å². The molecule has 0 aliphatic carbocycles. The quantitative estimate of drug-likeness (QED) is 0.297. The first-order chi connectivity index (χ1) is 15.9. The summed E-state index contributed by atoms with van der Waals surface area (Å²) in [6.45, 7) is 1.85. The Hall–Kier alpha value is -3.84. The summed E-state index contributed by atoms with van der Waals surface area (Å²) >= 11 is 3.42. The van der Waals surface area contributed by atoms with E-state index in [9.17, 15) is 9.59 Å². The van der Waals surface area contributed by atoms with E-state index in [-0.39, 0.29) is 17.6 Å². The van der Waals surface area contributed by atoms with E-state index in [1.165, 1.54) is 6.08 Å². The van der Waals surface area contributed by atoms with Crippen LogP contribution in [0.4, 0.5) is 11.4 Å². The molecule has 0 bridgehead atoms. The molecular weight excluding hydrogens is 484 g/mol. The van der Waals surface area contributed by atoms with Crippen LogP contribution in [0.25, 0.3) is 17.0 Å². The number of carbonyl (C=O) groups is 2. The highest BCUT2D eigenvalue weighted by atomic mass is 79.9. The maximum atomic E-state index is 12.6. The molecule has 0 aliphatic heterocycles. The summed E-state index contributed by atoms with van der Waals surface area (Å²) in [6, 6.07) is 20.0. The van der Waals surface area contributed by atoms with E-state index in [0.717, 1.165) is 21.0 Å². The molecule has 0 radical (unpaired) electrons. The Bertz CT molecular complexity index is 1340. The number of para-hydroxylation sites is 1. The molecule has 1 heterocycles. The molecule has 0 saturated carbocycles. The van der Waals surface area contributed by atoms with Crippen LogP contribution >= 0.6 is 15.9 Å². The summed E-state index contributed by atoms with van der Waals surface area (Å²) in [7, 11) is 1.58. The third kappa shape index (κ3) is 5.32. The summed E-state index contributed by atoms with van der Waals surface area (Å²) in [5.74, 6) is 0.288. The predicted molar refractivity (Wildman–Crippen MR) is 134 cm³/mol. The van der Waals surface area contributed by atoms with Crippen molar-refractivity contribution in [1.82, 2.24) is 0 Å². The molecule has 6 nitrogen and oxygen atoms in total. The SMILES string of the molecule is COc1ccc(Br)cc1/C=C/C(=O)Nc1ccc(NC(=O)c2cc3ccccc3o2)c(C)c1. The number of methoxy groups -OCH3 is 1. The molecule has 7 heteroatoms. The minimum atomic E-state index is -0.336. The zero-order valence-electron chi connectivity index (χ0n) is 18.0. The molecular formula is C26H21BrN2O4. The van der Waals surface area contributed by atoms with Gasteiger partial charge in [0.25, 0.3) is 5.91 Å². The van der Waals surface area contributed by atoms with Crippen LogP contribution in [0.5, 0.6) is 5.75 Å². The van der Waals surface area contributed by atoms with Crippen LogP contribution in [-0.2, 0) is 4.79 Å². The Kier molecular flexibility index (Phi) is 6.60. The largest absolute Gasteiger partial charge is 0.496 e. The van der Waals surface area contributed by atoms with Gasteiger partial charge in [0.15, 0.2) is 5.76 Å². The van der Waals surface area contributed by atoms with Gasteiger partial charge >= 0.3 is 0 Å². The van der Waals surface area contributed by atoms with Crippen LogP contribution in [0.3, 0.4) is 0 Å². The number of ether oxygens (including phenoxy) is 1. The summed E-state index contributed by atoms with van der Waals surface area (Å²) in [5, 5.41) is 6.55. The highest BCUT2D eigenvalue weighted by Crippen LogP contribution is 2.25. The fourth-order valence-corrected chi connectivity index (χ4v) is 3.72. The first-order valence-electron chi connectivity index (χ1n) is 10.2. The third-order valence-corrected chi connectivity index (χ3v) is 5.49. The smallest absolute Gasteiger partial charge is 0.291 e. The van der Waals surface area contributed by atoms with Crippen LogP contribution in [0.15, 0.2) is 81.7 Å². The fraction of sp³-hybridized carbons (Fsp3) is 0.0769. The molecule has 4 aromatic rings. The number of fused-ring (bicyclic) bond motifs is 1. The van der Waals surface area contributed by atoms with E-state index in [2.05, 4.69) is 26.6 Å². The number of nitrogens with one attached hydrogen (secondary N) is 2. The van der Waals surface area contributed by atoms with Gasteiger partial charge < -0.3 is 19.8 Å². The number of hydrogen-bond acceptors (Lipinski definition) is 4. The Morgan fingerprint density at radius 2 is 1.82 bits per heavy atom. The van der Waals surface area contributed by atoms with E-state index >= 15 is 0 Å². The minimum absolute atomic E-state index is 0.237. The number of anilines is 2. The molecule has 4 rings (SSSR count). The van der Waals surface area contributed by atoms with E-state index in [0.29, 0.717) is 22.7 Å². The second kappa shape index (κ2) is 9.75.